The number of rotatable bonds is 7. The normalized spacial score (nSPS) is 17.0. The molecule has 3 aromatic rings. The molecule has 1 amide bonds. The number of methoxy groups -OCH3 is 1. The van der Waals surface area contributed by atoms with Crippen LogP contribution in [-0.4, -0.2) is 61.9 Å². The average Bonchev–Trinajstić information content (AvgIpc) is 3.24. The molecule has 2 heterocycles. The highest BCUT2D eigenvalue weighted by Crippen LogP contribution is 2.25. The van der Waals surface area contributed by atoms with Crippen molar-refractivity contribution in [3.63, 3.8) is 0 Å². The summed E-state index contributed by atoms with van der Waals surface area (Å²) in [7, 11) is -2.47. The number of carbonyl (C=O) groups is 3. The Kier molecular flexibility index (Phi) is 8.20. The monoisotopic (exact) mass is 545 g/mol. The largest absolute Gasteiger partial charge is 0.468 e. The van der Waals surface area contributed by atoms with Crippen LogP contribution in [0.3, 0.4) is 0 Å². The van der Waals surface area contributed by atoms with Gasteiger partial charge in [0.15, 0.2) is 4.80 Å². The van der Waals surface area contributed by atoms with Crippen molar-refractivity contribution in [2.45, 2.75) is 31.2 Å². The van der Waals surface area contributed by atoms with Crippen molar-refractivity contribution in [1.82, 2.24) is 8.87 Å². The molecule has 1 aliphatic rings. The lowest BCUT2D eigenvalue weighted by molar-refractivity contribution is -0.141. The third-order valence-corrected chi connectivity index (χ3v) is 8.95. The smallest absolute Gasteiger partial charge is 0.338 e. The van der Waals surface area contributed by atoms with Crippen molar-refractivity contribution < 1.29 is 32.3 Å². The van der Waals surface area contributed by atoms with Crippen LogP contribution >= 0.6 is 11.3 Å². The summed E-state index contributed by atoms with van der Waals surface area (Å²) >= 11 is 1.15. The quantitative estimate of drug-likeness (QED) is 0.418. The van der Waals surface area contributed by atoms with Crippen molar-refractivity contribution in [2.24, 2.45) is 10.9 Å². The molecule has 2 aromatic carbocycles. The molecule has 1 aliphatic heterocycles. The Bertz CT molecular complexity index is 1490. The first kappa shape index (κ1) is 26.7. The van der Waals surface area contributed by atoms with Gasteiger partial charge in [-0.1, -0.05) is 29.5 Å². The van der Waals surface area contributed by atoms with Crippen LogP contribution in [0.1, 0.15) is 30.1 Å². The van der Waals surface area contributed by atoms with Crippen LogP contribution < -0.4 is 4.80 Å². The van der Waals surface area contributed by atoms with E-state index in [-0.39, 0.29) is 29.4 Å². The molecular weight excluding hydrogens is 518 g/mol. The molecule has 37 heavy (non-hydrogen) atoms. The highest BCUT2D eigenvalue weighted by atomic mass is 32.2. The maximum atomic E-state index is 13.2. The number of hydrogen-bond donors (Lipinski definition) is 0. The van der Waals surface area contributed by atoms with Gasteiger partial charge in [0.25, 0.3) is 5.91 Å². The van der Waals surface area contributed by atoms with Gasteiger partial charge in [0.1, 0.15) is 6.54 Å². The number of sulfonamides is 1. The van der Waals surface area contributed by atoms with E-state index in [1.165, 1.54) is 23.5 Å². The van der Waals surface area contributed by atoms with Crippen LogP contribution in [0, 0.1) is 5.92 Å². The second-order valence-electron chi connectivity index (χ2n) is 8.42. The standard InChI is InChI=1S/C25H27N3O7S2/c1-3-35-24(31)17-11-12-20-21(14-17)36-25(28(20)16-22(29)34-2)26-23(30)18-8-7-13-27(15-18)37(32,33)19-9-5-4-6-10-19/h4-6,9-12,14,18H,3,7-8,13,15-16H2,1-2H3. The van der Waals surface area contributed by atoms with E-state index >= 15 is 0 Å². The zero-order chi connectivity index (χ0) is 26.6. The van der Waals surface area contributed by atoms with E-state index < -0.39 is 33.8 Å². The van der Waals surface area contributed by atoms with E-state index in [4.69, 9.17) is 9.47 Å². The van der Waals surface area contributed by atoms with Gasteiger partial charge < -0.3 is 14.0 Å². The lowest BCUT2D eigenvalue weighted by Gasteiger charge is -2.30. The Morgan fingerprint density at radius 2 is 1.89 bits per heavy atom. The topological polar surface area (TPSA) is 124 Å². The molecule has 0 saturated carbocycles. The molecule has 0 spiro atoms. The summed E-state index contributed by atoms with van der Waals surface area (Å²) in [5.41, 5.74) is 0.944. The summed E-state index contributed by atoms with van der Waals surface area (Å²) in [5.74, 6) is -2.10. The number of thiazole rings is 1. The van der Waals surface area contributed by atoms with Crippen molar-refractivity contribution in [1.29, 1.82) is 0 Å². The zero-order valence-electron chi connectivity index (χ0n) is 20.5. The van der Waals surface area contributed by atoms with Crippen LogP contribution in [0.4, 0.5) is 0 Å². The second kappa shape index (κ2) is 11.4. The molecule has 12 heteroatoms. The van der Waals surface area contributed by atoms with Gasteiger partial charge in [-0.05, 0) is 50.1 Å². The molecule has 0 radical (unpaired) electrons. The summed E-state index contributed by atoms with van der Waals surface area (Å²) in [6.07, 6.45) is 1.02. The number of esters is 2. The van der Waals surface area contributed by atoms with Gasteiger partial charge in [0, 0.05) is 13.1 Å². The molecule has 1 aromatic heterocycles. The van der Waals surface area contributed by atoms with E-state index in [2.05, 4.69) is 4.99 Å². The molecule has 1 unspecified atom stereocenters. The molecule has 196 valence electrons. The van der Waals surface area contributed by atoms with Crippen molar-refractivity contribution in [3.8, 4) is 0 Å². The SMILES string of the molecule is CCOC(=O)c1ccc2c(c1)sc(=NC(=O)C1CCCN(S(=O)(=O)c3ccccc3)C1)n2CC(=O)OC. The number of ether oxygens (including phenoxy) is 2. The molecular formula is C25H27N3O7S2. The van der Waals surface area contributed by atoms with Crippen LogP contribution in [0.2, 0.25) is 0 Å². The number of fused-ring (bicyclic) bond motifs is 1. The fourth-order valence-electron chi connectivity index (χ4n) is 4.14. The maximum Gasteiger partial charge on any atom is 0.338 e. The predicted molar refractivity (Wildman–Crippen MR) is 136 cm³/mol. The van der Waals surface area contributed by atoms with Gasteiger partial charge in [-0.3, -0.25) is 9.59 Å². The maximum absolute atomic E-state index is 13.2. The molecule has 0 bridgehead atoms. The molecule has 0 N–H and O–H groups in total. The molecule has 1 saturated heterocycles. The van der Waals surface area contributed by atoms with Crippen LogP contribution in [0.15, 0.2) is 58.4 Å². The second-order valence-corrected chi connectivity index (χ2v) is 11.4. The van der Waals surface area contributed by atoms with Crippen molar-refractivity contribution in [2.75, 3.05) is 26.8 Å². The molecule has 4 rings (SSSR count). The summed E-state index contributed by atoms with van der Waals surface area (Å²) < 4.78 is 39.5. The Hall–Kier alpha value is -3.35. The summed E-state index contributed by atoms with van der Waals surface area (Å²) in [4.78, 5) is 42.2. The van der Waals surface area contributed by atoms with Gasteiger partial charge >= 0.3 is 11.9 Å². The van der Waals surface area contributed by atoms with Crippen molar-refractivity contribution >= 4 is 49.4 Å². The molecule has 10 nitrogen and oxygen atoms in total. The van der Waals surface area contributed by atoms with Gasteiger partial charge in [-0.15, -0.1) is 0 Å². The fourth-order valence-corrected chi connectivity index (χ4v) is 6.75. The number of amides is 1. The minimum Gasteiger partial charge on any atom is -0.468 e. The lowest BCUT2D eigenvalue weighted by Crippen LogP contribution is -2.42. The van der Waals surface area contributed by atoms with Crippen LogP contribution in [0.25, 0.3) is 10.2 Å². The summed E-state index contributed by atoms with van der Waals surface area (Å²) in [6.45, 7) is 2.11. The lowest BCUT2D eigenvalue weighted by atomic mass is 9.99. The Morgan fingerprint density at radius 3 is 2.59 bits per heavy atom. The Morgan fingerprint density at radius 1 is 1.14 bits per heavy atom. The zero-order valence-corrected chi connectivity index (χ0v) is 22.1. The highest BCUT2D eigenvalue weighted by molar-refractivity contribution is 7.89. The van der Waals surface area contributed by atoms with Crippen LogP contribution in [0.5, 0.6) is 0 Å². The van der Waals surface area contributed by atoms with Crippen molar-refractivity contribution in [3.05, 3.63) is 58.9 Å². The average molecular weight is 546 g/mol. The van der Waals surface area contributed by atoms with Gasteiger partial charge in [0.05, 0.1) is 40.3 Å². The number of benzene rings is 2. The Balaban J connectivity index is 1.67. The molecule has 1 fully saturated rings. The highest BCUT2D eigenvalue weighted by Gasteiger charge is 2.33. The van der Waals surface area contributed by atoms with E-state index in [0.29, 0.717) is 35.2 Å². The molecule has 1 atom stereocenters. The van der Waals surface area contributed by atoms with E-state index in [9.17, 15) is 22.8 Å². The first-order valence-electron chi connectivity index (χ1n) is 11.8. The molecule has 0 aliphatic carbocycles. The minimum absolute atomic E-state index is 0.0223. The van der Waals surface area contributed by atoms with Gasteiger partial charge in [0.2, 0.25) is 10.0 Å². The number of hydrogen-bond acceptors (Lipinski definition) is 8. The summed E-state index contributed by atoms with van der Waals surface area (Å²) in [5, 5.41) is 0. The number of carbonyl (C=O) groups excluding carboxylic acids is 3. The summed E-state index contributed by atoms with van der Waals surface area (Å²) in [6, 6.07) is 13.0. The third kappa shape index (κ3) is 5.81. The van der Waals surface area contributed by atoms with Gasteiger partial charge in [-0.25, -0.2) is 13.2 Å². The van der Waals surface area contributed by atoms with E-state index in [1.54, 1.807) is 47.9 Å². The predicted octanol–water partition coefficient (Wildman–Crippen LogP) is 2.58. The first-order chi connectivity index (χ1) is 17.7. The van der Waals surface area contributed by atoms with Gasteiger partial charge in [-0.2, -0.15) is 9.30 Å². The van der Waals surface area contributed by atoms with Crippen LogP contribution in [-0.2, 0) is 35.6 Å². The van der Waals surface area contributed by atoms with E-state index in [0.717, 1.165) is 11.3 Å². The Labute approximate surface area is 218 Å². The number of nitrogens with zero attached hydrogens (tertiary/aromatic N) is 3. The van der Waals surface area contributed by atoms with E-state index in [1.807, 2.05) is 0 Å². The third-order valence-electron chi connectivity index (χ3n) is 6.03. The fraction of sp³-hybridized carbons (Fsp3) is 0.360. The number of aromatic nitrogens is 1. The first-order valence-corrected chi connectivity index (χ1v) is 14.0. The minimum atomic E-state index is -3.74. The number of piperidine rings is 1.